The lowest BCUT2D eigenvalue weighted by molar-refractivity contribution is -0.137. The lowest BCUT2D eigenvalue weighted by Crippen LogP contribution is -2.43. The van der Waals surface area contributed by atoms with Gasteiger partial charge < -0.3 is 15.0 Å². The van der Waals surface area contributed by atoms with Gasteiger partial charge in [-0.25, -0.2) is 0 Å². The molecule has 1 N–H and O–H groups in total. The highest BCUT2D eigenvalue weighted by Gasteiger charge is 2.36. The molecule has 0 aromatic heterocycles. The van der Waals surface area contributed by atoms with E-state index in [1.165, 1.54) is 5.56 Å². The Labute approximate surface area is 196 Å². The lowest BCUT2D eigenvalue weighted by Gasteiger charge is -2.39. The van der Waals surface area contributed by atoms with Crippen LogP contribution in [-0.2, 0) is 16.0 Å². The third-order valence-corrected chi connectivity index (χ3v) is 6.81. The Morgan fingerprint density at radius 1 is 1.18 bits per heavy atom. The fourth-order valence-corrected chi connectivity index (χ4v) is 5.08. The van der Waals surface area contributed by atoms with Crippen molar-refractivity contribution >= 4 is 11.8 Å². The molecule has 1 aliphatic carbocycles. The quantitative estimate of drug-likeness (QED) is 0.592. The number of hydrogen-bond acceptors (Lipinski definition) is 3. The molecule has 1 heterocycles. The van der Waals surface area contributed by atoms with E-state index in [2.05, 4.69) is 35.0 Å². The van der Waals surface area contributed by atoms with Gasteiger partial charge in [-0.3, -0.25) is 9.59 Å². The first-order chi connectivity index (χ1) is 16.1. The zero-order valence-electron chi connectivity index (χ0n) is 19.5. The van der Waals surface area contributed by atoms with Crippen LogP contribution < -0.4 is 10.1 Å². The molecule has 174 valence electrons. The highest BCUT2D eigenvalue weighted by atomic mass is 16.5. The highest BCUT2D eigenvalue weighted by molar-refractivity contribution is 5.81. The highest BCUT2D eigenvalue weighted by Crippen LogP contribution is 2.39. The van der Waals surface area contributed by atoms with Crippen LogP contribution in [0.2, 0.25) is 0 Å². The van der Waals surface area contributed by atoms with E-state index in [9.17, 15) is 9.59 Å². The van der Waals surface area contributed by atoms with Gasteiger partial charge in [0.15, 0.2) is 6.10 Å². The van der Waals surface area contributed by atoms with Crippen molar-refractivity contribution in [3.63, 3.8) is 0 Å². The normalized spacial score (nSPS) is 18.9. The summed E-state index contributed by atoms with van der Waals surface area (Å²) in [7, 11) is 0. The largest absolute Gasteiger partial charge is 0.481 e. The number of hydrogen-bond donors (Lipinski definition) is 1. The molecule has 0 bridgehead atoms. The van der Waals surface area contributed by atoms with Crippen LogP contribution in [0.25, 0.3) is 0 Å². The van der Waals surface area contributed by atoms with E-state index < -0.39 is 6.10 Å². The molecule has 0 radical (unpaired) electrons. The molecule has 1 saturated carbocycles. The molecular weight excluding hydrogens is 412 g/mol. The predicted molar refractivity (Wildman–Crippen MR) is 130 cm³/mol. The van der Waals surface area contributed by atoms with Crippen LogP contribution >= 0.6 is 0 Å². The third-order valence-electron chi connectivity index (χ3n) is 6.81. The number of carbonyl (C=O) groups is 2. The van der Waals surface area contributed by atoms with Gasteiger partial charge in [0.05, 0.1) is 6.04 Å². The van der Waals surface area contributed by atoms with Crippen LogP contribution in [-0.4, -0.2) is 35.9 Å². The summed E-state index contributed by atoms with van der Waals surface area (Å²) in [5.41, 5.74) is 3.44. The molecule has 1 aliphatic heterocycles. The second kappa shape index (κ2) is 10.7. The van der Waals surface area contributed by atoms with Crippen LogP contribution in [0.4, 0.5) is 0 Å². The summed E-state index contributed by atoms with van der Waals surface area (Å²) in [5, 5.41) is 2.82. The SMILES string of the molecule is C=CCNC(=O)[C@@H](CC)Oc1ccc2c(c1)[C@H](c1ccccc1)N(C(=O)C1CCCC1)CC2. The number of rotatable bonds is 8. The van der Waals surface area contributed by atoms with Crippen LogP contribution in [0.5, 0.6) is 5.75 Å². The van der Waals surface area contributed by atoms with E-state index in [4.69, 9.17) is 4.74 Å². The van der Waals surface area contributed by atoms with Crippen LogP contribution in [0.3, 0.4) is 0 Å². The molecule has 5 heteroatoms. The molecule has 2 amide bonds. The van der Waals surface area contributed by atoms with Crippen molar-refractivity contribution in [2.45, 2.75) is 57.6 Å². The Kier molecular flexibility index (Phi) is 7.48. The molecule has 2 aromatic rings. The molecule has 2 aliphatic rings. The third kappa shape index (κ3) is 5.13. The minimum absolute atomic E-state index is 0.134. The van der Waals surface area contributed by atoms with Gasteiger partial charge in [-0.1, -0.05) is 62.2 Å². The Morgan fingerprint density at radius 3 is 2.64 bits per heavy atom. The van der Waals surface area contributed by atoms with Crippen molar-refractivity contribution in [1.29, 1.82) is 0 Å². The second-order valence-corrected chi connectivity index (χ2v) is 8.99. The predicted octanol–water partition coefficient (Wildman–Crippen LogP) is 4.81. The van der Waals surface area contributed by atoms with E-state index in [0.29, 0.717) is 18.7 Å². The Bertz CT molecular complexity index is 982. The molecule has 4 rings (SSSR count). The Morgan fingerprint density at radius 2 is 1.94 bits per heavy atom. The summed E-state index contributed by atoms with van der Waals surface area (Å²) in [6.45, 7) is 6.72. The van der Waals surface area contributed by atoms with Crippen molar-refractivity contribution in [3.8, 4) is 5.75 Å². The molecule has 0 unspecified atom stereocenters. The van der Waals surface area contributed by atoms with Gasteiger partial charge in [-0.2, -0.15) is 0 Å². The van der Waals surface area contributed by atoms with Gasteiger partial charge in [0.1, 0.15) is 5.75 Å². The maximum atomic E-state index is 13.5. The molecule has 33 heavy (non-hydrogen) atoms. The monoisotopic (exact) mass is 446 g/mol. The number of carbonyl (C=O) groups excluding carboxylic acids is 2. The topological polar surface area (TPSA) is 58.6 Å². The van der Waals surface area contributed by atoms with Gasteiger partial charge in [0.2, 0.25) is 5.91 Å². The minimum atomic E-state index is -0.571. The van der Waals surface area contributed by atoms with Crippen molar-refractivity contribution in [3.05, 3.63) is 77.9 Å². The zero-order valence-corrected chi connectivity index (χ0v) is 19.5. The summed E-state index contributed by atoms with van der Waals surface area (Å²) < 4.78 is 6.12. The number of nitrogens with zero attached hydrogens (tertiary/aromatic N) is 1. The van der Waals surface area contributed by atoms with Crippen molar-refractivity contribution in [2.75, 3.05) is 13.1 Å². The standard InChI is InChI=1S/C28H34N2O3/c1-3-17-29-27(31)25(4-2)33-23-15-14-20-16-18-30(28(32)22-12-8-9-13-22)26(24(20)19-23)21-10-6-5-7-11-21/h3,5-7,10-11,14-15,19,22,25-26H,1,4,8-9,12-13,16-18H2,2H3,(H,29,31)/t25-,26+/m1/s1. The number of amides is 2. The number of nitrogens with one attached hydrogen (secondary N) is 1. The van der Waals surface area contributed by atoms with Gasteiger partial charge in [0, 0.05) is 19.0 Å². The van der Waals surface area contributed by atoms with E-state index in [-0.39, 0.29) is 23.8 Å². The number of benzene rings is 2. The van der Waals surface area contributed by atoms with E-state index in [0.717, 1.165) is 49.8 Å². The summed E-state index contributed by atoms with van der Waals surface area (Å²) in [4.78, 5) is 28.1. The molecule has 0 spiro atoms. The lowest BCUT2D eigenvalue weighted by atomic mass is 9.87. The van der Waals surface area contributed by atoms with Crippen molar-refractivity contribution < 1.29 is 14.3 Å². The van der Waals surface area contributed by atoms with Gasteiger partial charge in [-0.15, -0.1) is 6.58 Å². The van der Waals surface area contributed by atoms with E-state index in [1.54, 1.807) is 6.08 Å². The molecule has 2 atom stereocenters. The number of fused-ring (bicyclic) bond motifs is 1. The molecular formula is C28H34N2O3. The Hall–Kier alpha value is -3.08. The van der Waals surface area contributed by atoms with Crippen LogP contribution in [0.1, 0.15) is 61.8 Å². The fourth-order valence-electron chi connectivity index (χ4n) is 5.08. The van der Waals surface area contributed by atoms with Gasteiger partial charge in [0.25, 0.3) is 5.91 Å². The second-order valence-electron chi connectivity index (χ2n) is 8.99. The first-order valence-corrected chi connectivity index (χ1v) is 12.2. The van der Waals surface area contributed by atoms with Crippen LogP contribution in [0.15, 0.2) is 61.2 Å². The summed E-state index contributed by atoms with van der Waals surface area (Å²) in [5.74, 6) is 0.919. The average Bonchev–Trinajstić information content (AvgIpc) is 3.40. The molecule has 5 nitrogen and oxygen atoms in total. The smallest absolute Gasteiger partial charge is 0.261 e. The molecule has 2 aromatic carbocycles. The summed E-state index contributed by atoms with van der Waals surface area (Å²) in [6, 6.07) is 16.2. The summed E-state index contributed by atoms with van der Waals surface area (Å²) >= 11 is 0. The molecule has 0 saturated heterocycles. The first-order valence-electron chi connectivity index (χ1n) is 12.2. The minimum Gasteiger partial charge on any atom is -0.481 e. The average molecular weight is 447 g/mol. The molecule has 1 fully saturated rings. The van der Waals surface area contributed by atoms with E-state index in [1.807, 2.05) is 37.3 Å². The number of ether oxygens (including phenoxy) is 1. The zero-order chi connectivity index (χ0) is 23.2. The van der Waals surface area contributed by atoms with Crippen LogP contribution in [0, 0.1) is 5.92 Å². The summed E-state index contributed by atoms with van der Waals surface area (Å²) in [6.07, 6.45) is 6.74. The van der Waals surface area contributed by atoms with Gasteiger partial charge in [-0.05, 0) is 54.5 Å². The first kappa shape index (κ1) is 23.1. The van der Waals surface area contributed by atoms with Crippen molar-refractivity contribution in [2.24, 2.45) is 5.92 Å². The maximum absolute atomic E-state index is 13.5. The fraction of sp³-hybridized carbons (Fsp3) is 0.429. The maximum Gasteiger partial charge on any atom is 0.261 e. The van der Waals surface area contributed by atoms with Crippen molar-refractivity contribution in [1.82, 2.24) is 10.2 Å². The van der Waals surface area contributed by atoms with E-state index >= 15 is 0 Å². The van der Waals surface area contributed by atoms with Gasteiger partial charge >= 0.3 is 0 Å². The Balaban J connectivity index is 1.65.